The molecule has 3 atom stereocenters. The summed E-state index contributed by atoms with van der Waals surface area (Å²) in [4.78, 5) is 28.0. The lowest BCUT2D eigenvalue weighted by molar-refractivity contribution is -0.150. The van der Waals surface area contributed by atoms with Crippen LogP contribution in [0.2, 0.25) is 18.1 Å². The first-order valence-electron chi connectivity index (χ1n) is 13.0. The number of amides is 1. The van der Waals surface area contributed by atoms with Gasteiger partial charge in [-0.05, 0) is 55.6 Å². The lowest BCUT2D eigenvalue weighted by Gasteiger charge is -2.47. The molecule has 2 aromatic rings. The second-order valence-corrected chi connectivity index (χ2v) is 17.2. The summed E-state index contributed by atoms with van der Waals surface area (Å²) >= 11 is 0. The van der Waals surface area contributed by atoms with E-state index in [1.807, 2.05) is 45.0 Å². The first kappa shape index (κ1) is 28.9. The van der Waals surface area contributed by atoms with Crippen LogP contribution in [0.15, 0.2) is 54.6 Å². The van der Waals surface area contributed by atoms with Crippen LogP contribution in [-0.2, 0) is 18.7 Å². The van der Waals surface area contributed by atoms with E-state index in [0.717, 1.165) is 16.7 Å². The molecule has 0 N–H and O–H groups in total. The molecule has 1 heterocycles. The standard InChI is InChI=1S/C30H43NO5Si/c1-29(2,3)35-28(33)31-19-24(27(32)34-7)26(25(20-31)36-37(8,9)30(4,5)6)23-17-13-16-22(18-23)21-14-11-10-12-15-21/h10-18,24-26H,19-20H2,1-9H3/t24-,25+,26+/m0/s1. The molecule has 1 amide bonds. The minimum atomic E-state index is -2.26. The minimum Gasteiger partial charge on any atom is -0.469 e. The third-order valence-electron chi connectivity index (χ3n) is 7.44. The van der Waals surface area contributed by atoms with Gasteiger partial charge in [0.15, 0.2) is 8.32 Å². The van der Waals surface area contributed by atoms with E-state index in [2.05, 4.69) is 64.2 Å². The van der Waals surface area contributed by atoms with E-state index in [9.17, 15) is 9.59 Å². The Morgan fingerprint density at radius 2 is 1.51 bits per heavy atom. The molecular weight excluding hydrogens is 482 g/mol. The zero-order valence-corrected chi connectivity index (χ0v) is 24.8. The summed E-state index contributed by atoms with van der Waals surface area (Å²) in [5.74, 6) is -1.22. The van der Waals surface area contributed by atoms with Gasteiger partial charge in [0.05, 0.1) is 19.1 Å². The summed E-state index contributed by atoms with van der Waals surface area (Å²) in [7, 11) is -0.862. The zero-order chi connectivity index (χ0) is 27.6. The zero-order valence-electron chi connectivity index (χ0n) is 23.8. The average molecular weight is 526 g/mol. The van der Waals surface area contributed by atoms with Crippen LogP contribution in [-0.4, -0.2) is 57.2 Å². The third-order valence-corrected chi connectivity index (χ3v) is 11.9. The van der Waals surface area contributed by atoms with Crippen molar-refractivity contribution < 1.29 is 23.5 Å². The second-order valence-electron chi connectivity index (χ2n) is 12.4. The molecule has 1 aliphatic heterocycles. The first-order valence-corrected chi connectivity index (χ1v) is 15.9. The maximum absolute atomic E-state index is 13.2. The van der Waals surface area contributed by atoms with Crippen LogP contribution in [0.25, 0.3) is 11.1 Å². The quantitative estimate of drug-likeness (QED) is 0.315. The molecule has 0 radical (unpaired) electrons. The molecule has 6 nitrogen and oxygen atoms in total. The van der Waals surface area contributed by atoms with Crippen molar-refractivity contribution in [3.8, 4) is 11.1 Å². The molecule has 0 aliphatic carbocycles. The molecule has 1 fully saturated rings. The van der Waals surface area contributed by atoms with E-state index in [0.29, 0.717) is 6.54 Å². The molecule has 1 aliphatic rings. The molecule has 0 saturated carbocycles. The van der Waals surface area contributed by atoms with Crippen molar-refractivity contribution in [1.82, 2.24) is 4.90 Å². The molecule has 0 unspecified atom stereocenters. The molecule has 0 bridgehead atoms. The average Bonchev–Trinajstić information content (AvgIpc) is 2.81. The number of rotatable bonds is 5. The number of ether oxygens (including phenoxy) is 2. The number of benzene rings is 2. The van der Waals surface area contributed by atoms with Crippen molar-refractivity contribution in [3.63, 3.8) is 0 Å². The van der Waals surface area contributed by atoms with Gasteiger partial charge in [-0.2, -0.15) is 0 Å². The van der Waals surface area contributed by atoms with Gasteiger partial charge >= 0.3 is 12.1 Å². The van der Waals surface area contributed by atoms with Crippen LogP contribution in [0, 0.1) is 5.92 Å². The summed E-state index contributed by atoms with van der Waals surface area (Å²) in [6.45, 7) is 17.0. The van der Waals surface area contributed by atoms with Gasteiger partial charge in [0, 0.05) is 19.0 Å². The molecule has 37 heavy (non-hydrogen) atoms. The van der Waals surface area contributed by atoms with Crippen molar-refractivity contribution in [2.45, 2.75) is 77.3 Å². The lowest BCUT2D eigenvalue weighted by atomic mass is 9.78. The van der Waals surface area contributed by atoms with Crippen LogP contribution < -0.4 is 0 Å². The fraction of sp³-hybridized carbons (Fsp3) is 0.533. The topological polar surface area (TPSA) is 65.1 Å². The number of esters is 1. The SMILES string of the molecule is COC(=O)[C@H]1CN(C(=O)OC(C)(C)C)C[C@@H](O[Si](C)(C)C(C)(C)C)[C@@H]1c1cccc(-c2ccccc2)c1. The highest BCUT2D eigenvalue weighted by Gasteiger charge is 2.49. The van der Waals surface area contributed by atoms with E-state index in [1.165, 1.54) is 7.11 Å². The van der Waals surface area contributed by atoms with Crippen LogP contribution in [0.3, 0.4) is 0 Å². The van der Waals surface area contributed by atoms with Gasteiger partial charge in [-0.15, -0.1) is 0 Å². The Balaban J connectivity index is 2.09. The molecule has 0 spiro atoms. The van der Waals surface area contributed by atoms with Gasteiger partial charge in [0.1, 0.15) is 5.60 Å². The molecule has 0 aromatic heterocycles. The fourth-order valence-corrected chi connectivity index (χ4v) is 5.86. The minimum absolute atomic E-state index is 0.0433. The predicted molar refractivity (Wildman–Crippen MR) is 150 cm³/mol. The molecule has 2 aromatic carbocycles. The number of methoxy groups -OCH3 is 1. The summed E-state index contributed by atoms with van der Waals surface area (Å²) in [6, 6.07) is 18.5. The van der Waals surface area contributed by atoms with Gasteiger partial charge in [0.2, 0.25) is 0 Å². The van der Waals surface area contributed by atoms with Gasteiger partial charge in [-0.3, -0.25) is 4.79 Å². The largest absolute Gasteiger partial charge is 0.469 e. The number of carbonyl (C=O) groups excluding carboxylic acids is 2. The molecule has 202 valence electrons. The van der Waals surface area contributed by atoms with E-state index in [1.54, 1.807) is 4.90 Å². The Kier molecular flexibility index (Phi) is 8.59. The van der Waals surface area contributed by atoms with Crippen LogP contribution in [0.1, 0.15) is 53.0 Å². The van der Waals surface area contributed by atoms with Gasteiger partial charge in [0.25, 0.3) is 0 Å². The van der Waals surface area contributed by atoms with E-state index in [-0.39, 0.29) is 23.5 Å². The van der Waals surface area contributed by atoms with E-state index in [4.69, 9.17) is 13.9 Å². The third kappa shape index (κ3) is 7.02. The van der Waals surface area contributed by atoms with Crippen molar-refractivity contribution in [3.05, 3.63) is 60.2 Å². The Morgan fingerprint density at radius 3 is 2.08 bits per heavy atom. The highest BCUT2D eigenvalue weighted by atomic mass is 28.4. The van der Waals surface area contributed by atoms with Crippen LogP contribution in [0.4, 0.5) is 4.79 Å². The monoisotopic (exact) mass is 525 g/mol. The Morgan fingerprint density at radius 1 is 0.892 bits per heavy atom. The summed E-state index contributed by atoms with van der Waals surface area (Å²) in [6.07, 6.45) is -0.834. The second kappa shape index (κ2) is 11.0. The number of carbonyl (C=O) groups is 2. The van der Waals surface area contributed by atoms with Crippen LogP contribution in [0.5, 0.6) is 0 Å². The maximum atomic E-state index is 13.2. The Bertz CT molecular complexity index is 1090. The normalized spacial score (nSPS) is 20.9. The van der Waals surface area contributed by atoms with Crippen molar-refractivity contribution in [1.29, 1.82) is 0 Å². The highest BCUT2D eigenvalue weighted by Crippen LogP contribution is 2.43. The molecular formula is C30H43NO5Si. The van der Waals surface area contributed by atoms with Crippen molar-refractivity contribution in [2.24, 2.45) is 5.92 Å². The fourth-order valence-electron chi connectivity index (χ4n) is 4.53. The predicted octanol–water partition coefficient (Wildman–Crippen LogP) is 6.87. The number of likely N-dealkylation sites (tertiary alicyclic amines) is 1. The maximum Gasteiger partial charge on any atom is 0.410 e. The number of piperidine rings is 1. The first-order chi connectivity index (χ1) is 17.1. The molecule has 1 saturated heterocycles. The van der Waals surface area contributed by atoms with Crippen molar-refractivity contribution >= 4 is 20.4 Å². The number of nitrogens with zero attached hydrogens (tertiary/aromatic N) is 1. The number of hydrogen-bond donors (Lipinski definition) is 0. The Hall–Kier alpha value is -2.64. The smallest absolute Gasteiger partial charge is 0.410 e. The van der Waals surface area contributed by atoms with Crippen molar-refractivity contribution in [2.75, 3.05) is 20.2 Å². The van der Waals surface area contributed by atoms with E-state index >= 15 is 0 Å². The van der Waals surface area contributed by atoms with Crippen LogP contribution >= 0.6 is 0 Å². The summed E-state index contributed by atoms with van der Waals surface area (Å²) in [5.41, 5.74) is 2.53. The van der Waals surface area contributed by atoms with Gasteiger partial charge < -0.3 is 18.8 Å². The number of hydrogen-bond acceptors (Lipinski definition) is 5. The summed E-state index contributed by atoms with van der Waals surface area (Å²) in [5, 5.41) is -0.0433. The molecule has 7 heteroatoms. The van der Waals surface area contributed by atoms with Gasteiger partial charge in [-0.1, -0.05) is 75.4 Å². The molecule has 3 rings (SSSR count). The van der Waals surface area contributed by atoms with Gasteiger partial charge in [-0.25, -0.2) is 4.79 Å². The Labute approximate surface area is 223 Å². The summed E-state index contributed by atoms with van der Waals surface area (Å²) < 4.78 is 17.9. The van der Waals surface area contributed by atoms with E-state index < -0.39 is 32.0 Å². The highest BCUT2D eigenvalue weighted by molar-refractivity contribution is 6.74. The lowest BCUT2D eigenvalue weighted by Crippen LogP contribution is -2.57.